The molecule has 0 aliphatic carbocycles. The van der Waals surface area contributed by atoms with Crippen LogP contribution in [0.2, 0.25) is 10.0 Å². The number of nitrogens with zero attached hydrogens (tertiary/aromatic N) is 2. The lowest BCUT2D eigenvalue weighted by molar-refractivity contribution is 0.292. The summed E-state index contributed by atoms with van der Waals surface area (Å²) in [6.45, 7) is 8.35. The second kappa shape index (κ2) is 11.3. The first-order chi connectivity index (χ1) is 14.9. The van der Waals surface area contributed by atoms with Crippen LogP contribution in [0.25, 0.3) is 0 Å². The van der Waals surface area contributed by atoms with Gasteiger partial charge in [-0.05, 0) is 48.2 Å². The van der Waals surface area contributed by atoms with Gasteiger partial charge in [-0.15, -0.1) is 11.6 Å². The van der Waals surface area contributed by atoms with Crippen molar-refractivity contribution in [3.05, 3.63) is 57.6 Å². The molecule has 7 heteroatoms. The van der Waals surface area contributed by atoms with E-state index in [1.165, 1.54) is 0 Å². The quantitative estimate of drug-likeness (QED) is 0.272. The van der Waals surface area contributed by atoms with Crippen LogP contribution in [-0.2, 0) is 5.41 Å². The molecule has 0 aromatic heterocycles. The number of halogens is 3. The van der Waals surface area contributed by atoms with Gasteiger partial charge in [0.15, 0.2) is 5.75 Å². The van der Waals surface area contributed by atoms with E-state index < -0.39 is 0 Å². The largest absolute Gasteiger partial charge is 0.494 e. The summed E-state index contributed by atoms with van der Waals surface area (Å²) in [6.07, 6.45) is 3.63. The average molecular weight is 484 g/mol. The van der Waals surface area contributed by atoms with Crippen molar-refractivity contribution in [2.24, 2.45) is 4.99 Å². The summed E-state index contributed by atoms with van der Waals surface area (Å²) in [7, 11) is 0. The van der Waals surface area contributed by atoms with Gasteiger partial charge in [0.25, 0.3) is 0 Å². The third-order valence-electron chi connectivity index (χ3n) is 5.44. The third-order valence-corrected chi connectivity index (χ3v) is 6.27. The molecule has 0 bridgehead atoms. The van der Waals surface area contributed by atoms with Crippen LogP contribution in [0.4, 0.5) is 0 Å². The van der Waals surface area contributed by atoms with Gasteiger partial charge in [-0.2, -0.15) is 0 Å². The van der Waals surface area contributed by atoms with Crippen LogP contribution in [0.5, 0.6) is 11.5 Å². The molecular formula is C24H29Cl3N2O2. The highest BCUT2D eigenvalue weighted by Gasteiger charge is 2.25. The predicted octanol–water partition coefficient (Wildman–Crippen LogP) is 6.44. The smallest absolute Gasteiger partial charge is 0.156 e. The summed E-state index contributed by atoms with van der Waals surface area (Å²) in [5, 5.41) is 1.02. The van der Waals surface area contributed by atoms with Gasteiger partial charge in [-0.25, -0.2) is 0 Å². The Labute approximate surface area is 200 Å². The van der Waals surface area contributed by atoms with E-state index in [4.69, 9.17) is 44.3 Å². The molecule has 0 N–H and O–H groups in total. The molecule has 4 nitrogen and oxygen atoms in total. The first kappa shape index (κ1) is 24.0. The Bertz CT molecular complexity index is 862. The van der Waals surface area contributed by atoms with E-state index in [-0.39, 0.29) is 5.41 Å². The maximum absolute atomic E-state index is 6.48. The van der Waals surface area contributed by atoms with Crippen LogP contribution in [0, 0.1) is 0 Å². The first-order valence-corrected chi connectivity index (χ1v) is 11.9. The van der Waals surface area contributed by atoms with E-state index in [1.54, 1.807) is 0 Å². The van der Waals surface area contributed by atoms with Crippen molar-refractivity contribution in [3.8, 4) is 11.5 Å². The molecule has 168 valence electrons. The fourth-order valence-electron chi connectivity index (χ4n) is 3.47. The van der Waals surface area contributed by atoms with Crippen molar-refractivity contribution < 1.29 is 9.47 Å². The second-order valence-electron chi connectivity index (χ2n) is 8.07. The molecule has 0 saturated heterocycles. The maximum atomic E-state index is 6.48. The number of hydrogen-bond acceptors (Lipinski definition) is 4. The summed E-state index contributed by atoms with van der Waals surface area (Å²) in [5.41, 5.74) is 1.89. The minimum atomic E-state index is -0.282. The highest BCUT2D eigenvalue weighted by Crippen LogP contribution is 2.40. The number of ether oxygens (including phenoxy) is 2. The van der Waals surface area contributed by atoms with E-state index in [0.29, 0.717) is 34.9 Å². The second-order valence-corrected chi connectivity index (χ2v) is 9.26. The zero-order valence-electron chi connectivity index (χ0n) is 18.0. The molecule has 2 aromatic rings. The van der Waals surface area contributed by atoms with Crippen molar-refractivity contribution in [1.29, 1.82) is 0 Å². The number of rotatable bonds is 11. The predicted molar refractivity (Wildman–Crippen MR) is 131 cm³/mol. The van der Waals surface area contributed by atoms with Gasteiger partial charge in [0.1, 0.15) is 5.75 Å². The minimum Gasteiger partial charge on any atom is -0.494 e. The van der Waals surface area contributed by atoms with Gasteiger partial charge < -0.3 is 14.4 Å². The lowest BCUT2D eigenvalue weighted by atomic mass is 9.78. The molecule has 31 heavy (non-hydrogen) atoms. The average Bonchev–Trinajstić information content (AvgIpc) is 3.27. The van der Waals surface area contributed by atoms with E-state index in [9.17, 15) is 0 Å². The molecule has 0 spiro atoms. The molecule has 0 fully saturated rings. The van der Waals surface area contributed by atoms with Gasteiger partial charge in [-0.1, -0.05) is 49.2 Å². The zero-order chi connectivity index (χ0) is 22.3. The van der Waals surface area contributed by atoms with E-state index in [0.717, 1.165) is 49.4 Å². The zero-order valence-corrected chi connectivity index (χ0v) is 20.3. The fraction of sp³-hybridized carbons (Fsp3) is 0.458. The number of hydrogen-bond donors (Lipinski definition) is 0. The van der Waals surface area contributed by atoms with E-state index in [2.05, 4.69) is 35.9 Å². The lowest BCUT2D eigenvalue weighted by Gasteiger charge is -2.27. The van der Waals surface area contributed by atoms with Crippen LogP contribution in [0.15, 0.2) is 41.4 Å². The standard InChI is InChI=1S/C24H29Cl3N2O2/c1-24(2,19-15-21(26)23(22(27)16-19)31-13-3-9-25)18-5-7-20(8-6-18)30-14-4-11-29-12-10-28-17-29/h5-8,15-17H,3-4,9-14H2,1-2H3. The van der Waals surface area contributed by atoms with Gasteiger partial charge in [-0.3, -0.25) is 4.99 Å². The fourth-order valence-corrected chi connectivity index (χ4v) is 4.17. The molecule has 1 aliphatic heterocycles. The minimum absolute atomic E-state index is 0.282. The number of aliphatic imine (C=N–C) groups is 1. The summed E-state index contributed by atoms with van der Waals surface area (Å²) in [6, 6.07) is 12.1. The molecule has 1 heterocycles. The summed E-state index contributed by atoms with van der Waals surface area (Å²) >= 11 is 18.7. The third kappa shape index (κ3) is 6.44. The van der Waals surface area contributed by atoms with Crippen LogP contribution >= 0.6 is 34.8 Å². The van der Waals surface area contributed by atoms with Crippen molar-refractivity contribution >= 4 is 41.1 Å². The molecule has 0 amide bonds. The van der Waals surface area contributed by atoms with Crippen molar-refractivity contribution in [2.75, 3.05) is 38.7 Å². The highest BCUT2D eigenvalue weighted by molar-refractivity contribution is 6.37. The van der Waals surface area contributed by atoms with Crippen LogP contribution in [-0.4, -0.2) is 50.0 Å². The first-order valence-electron chi connectivity index (χ1n) is 10.6. The normalized spacial score (nSPS) is 13.6. The van der Waals surface area contributed by atoms with Crippen LogP contribution in [0.1, 0.15) is 37.8 Å². The summed E-state index contributed by atoms with van der Waals surface area (Å²) < 4.78 is 11.6. The van der Waals surface area contributed by atoms with Gasteiger partial charge in [0.2, 0.25) is 0 Å². The number of benzene rings is 2. The van der Waals surface area contributed by atoms with Crippen molar-refractivity contribution in [3.63, 3.8) is 0 Å². The van der Waals surface area contributed by atoms with Gasteiger partial charge >= 0.3 is 0 Å². The summed E-state index contributed by atoms with van der Waals surface area (Å²) in [5.74, 6) is 1.92. The van der Waals surface area contributed by atoms with Crippen molar-refractivity contribution in [2.45, 2.75) is 32.1 Å². The summed E-state index contributed by atoms with van der Waals surface area (Å²) in [4.78, 5) is 6.44. The molecule has 0 radical (unpaired) electrons. The Morgan fingerprint density at radius 1 is 0.968 bits per heavy atom. The van der Waals surface area contributed by atoms with Crippen LogP contribution in [0.3, 0.4) is 0 Å². The monoisotopic (exact) mass is 482 g/mol. The van der Waals surface area contributed by atoms with E-state index in [1.807, 2.05) is 30.6 Å². The Balaban J connectivity index is 1.62. The Morgan fingerprint density at radius 3 is 2.26 bits per heavy atom. The molecule has 3 rings (SSSR count). The van der Waals surface area contributed by atoms with Gasteiger partial charge in [0, 0.05) is 24.4 Å². The Kier molecular flexibility index (Phi) is 8.76. The lowest BCUT2D eigenvalue weighted by Crippen LogP contribution is -2.22. The molecule has 2 aromatic carbocycles. The molecule has 0 atom stereocenters. The molecule has 1 aliphatic rings. The van der Waals surface area contributed by atoms with Crippen molar-refractivity contribution in [1.82, 2.24) is 4.90 Å². The highest BCUT2D eigenvalue weighted by atomic mass is 35.5. The molecule has 0 unspecified atom stereocenters. The Hall–Kier alpha value is -1.62. The van der Waals surface area contributed by atoms with Gasteiger partial charge in [0.05, 0.1) is 36.1 Å². The molecular weight excluding hydrogens is 455 g/mol. The van der Waals surface area contributed by atoms with Crippen LogP contribution < -0.4 is 9.47 Å². The van der Waals surface area contributed by atoms with E-state index >= 15 is 0 Å². The Morgan fingerprint density at radius 2 is 1.65 bits per heavy atom. The SMILES string of the molecule is CC(C)(c1ccc(OCCCN2C=NCC2)cc1)c1cc(Cl)c(OCCCCl)c(Cl)c1. The maximum Gasteiger partial charge on any atom is 0.156 e. The topological polar surface area (TPSA) is 34.1 Å². The molecule has 0 saturated carbocycles. The number of alkyl halides is 1.